The molecule has 0 heterocycles. The highest BCUT2D eigenvalue weighted by Crippen LogP contribution is 2.22. The zero-order valence-corrected chi connectivity index (χ0v) is 10.4. The van der Waals surface area contributed by atoms with Crippen molar-refractivity contribution < 1.29 is 18.0 Å². The Hall–Kier alpha value is -1.10. The van der Waals surface area contributed by atoms with Gasteiger partial charge in [0, 0.05) is 12.5 Å². The second-order valence-electron chi connectivity index (χ2n) is 3.44. The maximum atomic E-state index is 12.0. The van der Waals surface area contributed by atoms with Gasteiger partial charge in [0.15, 0.2) is 5.78 Å². The molecule has 92 valence electrons. The predicted molar refractivity (Wildman–Crippen MR) is 62.8 cm³/mol. The van der Waals surface area contributed by atoms with Crippen LogP contribution in [0, 0.1) is 0 Å². The summed E-state index contributed by atoms with van der Waals surface area (Å²) in [6.07, 6.45) is -4.01. The van der Waals surface area contributed by atoms with E-state index in [0.717, 1.165) is 5.56 Å². The first-order valence-electron chi connectivity index (χ1n) is 4.91. The molecule has 0 fully saturated rings. The fourth-order valence-electron chi connectivity index (χ4n) is 1.25. The van der Waals surface area contributed by atoms with Gasteiger partial charge in [-0.05, 0) is 27.9 Å². The van der Waals surface area contributed by atoms with Gasteiger partial charge in [-0.2, -0.15) is 13.2 Å². The molecule has 0 bridgehead atoms. The Balaban J connectivity index is 2.54. The Morgan fingerprint density at radius 1 is 1.24 bits per heavy atom. The van der Waals surface area contributed by atoms with Crippen LogP contribution in [0.2, 0.25) is 0 Å². The van der Waals surface area contributed by atoms with Gasteiger partial charge in [0.1, 0.15) is 0 Å². The number of ketones is 1. The van der Waals surface area contributed by atoms with E-state index >= 15 is 0 Å². The average Bonchev–Trinajstić information content (AvgIpc) is 2.25. The maximum absolute atomic E-state index is 12.0. The predicted octanol–water partition coefficient (Wildman–Crippen LogP) is 4.03. The molecule has 1 aromatic carbocycles. The Labute approximate surface area is 105 Å². The molecule has 5 heteroatoms. The second-order valence-corrected chi connectivity index (χ2v) is 4.30. The highest BCUT2D eigenvalue weighted by atomic mass is 79.9. The van der Waals surface area contributed by atoms with Crippen molar-refractivity contribution in [3.63, 3.8) is 0 Å². The zero-order chi connectivity index (χ0) is 12.9. The number of benzene rings is 1. The van der Waals surface area contributed by atoms with Gasteiger partial charge in [-0.15, -0.1) is 0 Å². The van der Waals surface area contributed by atoms with Crippen LogP contribution in [-0.4, -0.2) is 12.0 Å². The van der Waals surface area contributed by atoms with Crippen molar-refractivity contribution >= 4 is 21.7 Å². The molecule has 1 aromatic rings. The molecule has 1 rings (SSSR count). The van der Waals surface area contributed by atoms with E-state index in [0.29, 0.717) is 6.42 Å². The number of hydrogen-bond donors (Lipinski definition) is 0. The number of aryl methyl sites for hydroxylation is 1. The van der Waals surface area contributed by atoms with Crippen LogP contribution in [0.25, 0.3) is 0 Å². The summed E-state index contributed by atoms with van der Waals surface area (Å²) >= 11 is 2.64. The maximum Gasteiger partial charge on any atom is 0.410 e. The van der Waals surface area contributed by atoms with E-state index in [9.17, 15) is 18.0 Å². The molecular formula is C12H10BrF3O. The molecule has 1 nitrogen and oxygen atoms in total. The minimum Gasteiger partial charge on any atom is -0.294 e. The molecule has 0 unspecified atom stereocenters. The largest absolute Gasteiger partial charge is 0.410 e. The number of hydrogen-bond acceptors (Lipinski definition) is 1. The van der Waals surface area contributed by atoms with Gasteiger partial charge in [-0.3, -0.25) is 4.79 Å². The molecule has 0 aliphatic carbocycles. The lowest BCUT2D eigenvalue weighted by atomic mass is 10.1. The van der Waals surface area contributed by atoms with E-state index in [1.807, 2.05) is 30.3 Å². The van der Waals surface area contributed by atoms with E-state index in [4.69, 9.17) is 0 Å². The molecule has 0 saturated heterocycles. The van der Waals surface area contributed by atoms with Crippen LogP contribution in [0.3, 0.4) is 0 Å². The van der Waals surface area contributed by atoms with Crippen molar-refractivity contribution in [3.05, 3.63) is 46.5 Å². The Morgan fingerprint density at radius 2 is 1.82 bits per heavy atom. The van der Waals surface area contributed by atoms with Crippen LogP contribution in [0.15, 0.2) is 40.9 Å². The monoisotopic (exact) mass is 306 g/mol. The summed E-state index contributed by atoms with van der Waals surface area (Å²) in [4.78, 5) is 11.4. The van der Waals surface area contributed by atoms with Gasteiger partial charge in [0.25, 0.3) is 0 Å². The van der Waals surface area contributed by atoms with E-state index in [-0.39, 0.29) is 12.5 Å². The van der Waals surface area contributed by atoms with Crippen molar-refractivity contribution in [1.29, 1.82) is 0 Å². The fourth-order valence-corrected chi connectivity index (χ4v) is 1.70. The van der Waals surface area contributed by atoms with Crippen molar-refractivity contribution in [2.75, 3.05) is 0 Å². The summed E-state index contributed by atoms with van der Waals surface area (Å²) < 4.78 is 35.5. The SMILES string of the molecule is O=C(CCc1ccccc1)/C(Br)=C/C(F)(F)F. The molecule has 17 heavy (non-hydrogen) atoms. The molecule has 0 amide bonds. The lowest BCUT2D eigenvalue weighted by Crippen LogP contribution is -2.07. The van der Waals surface area contributed by atoms with Gasteiger partial charge < -0.3 is 0 Å². The molecule has 0 atom stereocenters. The molecule has 0 aromatic heterocycles. The quantitative estimate of drug-likeness (QED) is 0.768. The summed E-state index contributed by atoms with van der Waals surface area (Å²) in [5, 5.41) is 0. The minimum atomic E-state index is -4.47. The van der Waals surface area contributed by atoms with Crippen molar-refractivity contribution in [3.8, 4) is 0 Å². The number of halogens is 4. The van der Waals surface area contributed by atoms with Crippen LogP contribution in [0.4, 0.5) is 13.2 Å². The van der Waals surface area contributed by atoms with E-state index in [2.05, 4.69) is 15.9 Å². The number of allylic oxidation sites excluding steroid dienone is 2. The summed E-state index contributed by atoms with van der Waals surface area (Å²) in [7, 11) is 0. The second kappa shape index (κ2) is 6.00. The van der Waals surface area contributed by atoms with E-state index in [1.54, 1.807) is 0 Å². The molecule has 0 N–H and O–H groups in total. The topological polar surface area (TPSA) is 17.1 Å². The first-order valence-corrected chi connectivity index (χ1v) is 5.70. The standard InChI is InChI=1S/C12H10BrF3O/c13-10(8-12(14,15)16)11(17)7-6-9-4-2-1-3-5-9/h1-5,8H,6-7H2/b10-8-. The molecule has 0 aliphatic rings. The molecule has 0 radical (unpaired) electrons. The van der Waals surface area contributed by atoms with Crippen LogP contribution < -0.4 is 0 Å². The van der Waals surface area contributed by atoms with Gasteiger partial charge in [0.05, 0.1) is 4.48 Å². The number of carbonyl (C=O) groups is 1. The first-order chi connectivity index (χ1) is 7.88. The number of alkyl halides is 3. The number of carbonyl (C=O) groups excluding carboxylic acids is 1. The average molecular weight is 307 g/mol. The third-order valence-electron chi connectivity index (χ3n) is 2.04. The van der Waals surface area contributed by atoms with Gasteiger partial charge in [-0.1, -0.05) is 30.3 Å². The van der Waals surface area contributed by atoms with Crippen molar-refractivity contribution in [2.45, 2.75) is 19.0 Å². The van der Waals surface area contributed by atoms with Crippen LogP contribution in [0.1, 0.15) is 12.0 Å². The Bertz CT molecular complexity index is 410. The molecular weight excluding hydrogens is 297 g/mol. The Morgan fingerprint density at radius 3 is 2.35 bits per heavy atom. The van der Waals surface area contributed by atoms with Crippen LogP contribution in [0.5, 0.6) is 0 Å². The number of Topliss-reactive ketones (excluding diaryl/α,β-unsaturated/α-hetero) is 1. The van der Waals surface area contributed by atoms with Gasteiger partial charge in [0.2, 0.25) is 0 Å². The number of rotatable bonds is 4. The zero-order valence-electron chi connectivity index (χ0n) is 8.80. The first kappa shape index (κ1) is 14.0. The summed E-state index contributed by atoms with van der Waals surface area (Å²) in [6.45, 7) is 0. The molecule has 0 aliphatic heterocycles. The normalized spacial score (nSPS) is 12.6. The van der Waals surface area contributed by atoms with Crippen molar-refractivity contribution in [2.24, 2.45) is 0 Å². The van der Waals surface area contributed by atoms with E-state index < -0.39 is 16.4 Å². The smallest absolute Gasteiger partial charge is 0.294 e. The van der Waals surface area contributed by atoms with E-state index in [1.165, 1.54) is 0 Å². The summed E-state index contributed by atoms with van der Waals surface area (Å²) in [5.74, 6) is -0.550. The van der Waals surface area contributed by atoms with Crippen molar-refractivity contribution in [1.82, 2.24) is 0 Å². The van der Waals surface area contributed by atoms with Crippen LogP contribution >= 0.6 is 15.9 Å². The highest BCUT2D eigenvalue weighted by Gasteiger charge is 2.25. The third-order valence-corrected chi connectivity index (χ3v) is 2.71. The summed E-state index contributed by atoms with van der Waals surface area (Å²) in [6, 6.07) is 9.13. The van der Waals surface area contributed by atoms with Crippen LogP contribution in [-0.2, 0) is 11.2 Å². The van der Waals surface area contributed by atoms with Gasteiger partial charge >= 0.3 is 6.18 Å². The third kappa shape index (κ3) is 5.68. The van der Waals surface area contributed by atoms with Gasteiger partial charge in [-0.25, -0.2) is 0 Å². The molecule has 0 spiro atoms. The fraction of sp³-hybridized carbons (Fsp3) is 0.250. The molecule has 0 saturated carbocycles. The highest BCUT2D eigenvalue weighted by molar-refractivity contribution is 9.12. The lowest BCUT2D eigenvalue weighted by Gasteiger charge is -2.03. The minimum absolute atomic E-state index is 0.0275. The lowest BCUT2D eigenvalue weighted by molar-refractivity contribution is -0.115. The Kier molecular flexibility index (Phi) is 4.93. The summed E-state index contributed by atoms with van der Waals surface area (Å²) in [5.41, 5.74) is 0.924.